The van der Waals surface area contributed by atoms with E-state index in [2.05, 4.69) is 4.98 Å². The molecule has 2 aromatic rings. The Balaban J connectivity index is 2.13. The summed E-state index contributed by atoms with van der Waals surface area (Å²) < 4.78 is 5.43. The van der Waals surface area contributed by atoms with Crippen molar-refractivity contribution in [1.82, 2.24) is 4.98 Å². The Bertz CT molecular complexity index is 532. The Morgan fingerprint density at radius 2 is 2.41 bits per heavy atom. The maximum absolute atomic E-state index is 10.6. The van der Waals surface area contributed by atoms with Gasteiger partial charge in [-0.1, -0.05) is 0 Å². The standard InChI is InChI=1S/C11H12N2O3S/c1-6-2-3-9(16-6)8-5-17-10(13-8)4-7(12)11(14)15/h2-3,5,7H,4,12H2,1H3,(H,14,15). The van der Waals surface area contributed by atoms with Crippen LogP contribution in [0.5, 0.6) is 0 Å². The Labute approximate surface area is 102 Å². The predicted molar refractivity (Wildman–Crippen MR) is 63.9 cm³/mol. The number of aliphatic carboxylic acids is 1. The molecule has 0 aliphatic carbocycles. The molecule has 3 N–H and O–H groups in total. The topological polar surface area (TPSA) is 89.4 Å². The van der Waals surface area contributed by atoms with E-state index in [1.165, 1.54) is 11.3 Å². The summed E-state index contributed by atoms with van der Waals surface area (Å²) in [6.45, 7) is 1.86. The van der Waals surface area contributed by atoms with Crippen LogP contribution in [0.15, 0.2) is 21.9 Å². The summed E-state index contributed by atoms with van der Waals surface area (Å²) in [7, 11) is 0. The largest absolute Gasteiger partial charge is 0.480 e. The van der Waals surface area contributed by atoms with Gasteiger partial charge in [0, 0.05) is 11.8 Å². The smallest absolute Gasteiger partial charge is 0.320 e. The van der Waals surface area contributed by atoms with Crippen LogP contribution in [0.25, 0.3) is 11.5 Å². The molecule has 0 amide bonds. The fourth-order valence-electron chi connectivity index (χ4n) is 1.37. The van der Waals surface area contributed by atoms with Gasteiger partial charge in [0.2, 0.25) is 0 Å². The average Bonchev–Trinajstić information content (AvgIpc) is 2.86. The third-order valence-electron chi connectivity index (χ3n) is 2.26. The van der Waals surface area contributed by atoms with Gasteiger partial charge in [0.15, 0.2) is 5.76 Å². The monoisotopic (exact) mass is 252 g/mol. The average molecular weight is 252 g/mol. The number of furan rings is 1. The van der Waals surface area contributed by atoms with Gasteiger partial charge in [0.25, 0.3) is 0 Å². The molecule has 2 aromatic heterocycles. The molecule has 0 aromatic carbocycles. The molecular formula is C11H12N2O3S. The minimum atomic E-state index is -1.02. The van der Waals surface area contributed by atoms with Crippen molar-refractivity contribution < 1.29 is 14.3 Å². The maximum Gasteiger partial charge on any atom is 0.320 e. The van der Waals surface area contributed by atoms with Crippen LogP contribution >= 0.6 is 11.3 Å². The molecule has 0 saturated carbocycles. The van der Waals surface area contributed by atoms with Gasteiger partial charge in [-0.3, -0.25) is 4.79 Å². The van der Waals surface area contributed by atoms with E-state index in [9.17, 15) is 4.79 Å². The van der Waals surface area contributed by atoms with Crippen LogP contribution in [0.2, 0.25) is 0 Å². The molecular weight excluding hydrogens is 240 g/mol. The first-order valence-corrected chi connectivity index (χ1v) is 5.94. The summed E-state index contributed by atoms with van der Waals surface area (Å²) in [6.07, 6.45) is 0.236. The number of carboxylic acids is 1. The summed E-state index contributed by atoms with van der Waals surface area (Å²) in [5.41, 5.74) is 6.16. The third kappa shape index (κ3) is 2.72. The normalized spacial score (nSPS) is 12.6. The lowest BCUT2D eigenvalue weighted by Crippen LogP contribution is -2.32. The number of nitrogens with two attached hydrogens (primary N) is 1. The summed E-state index contributed by atoms with van der Waals surface area (Å²) >= 11 is 1.38. The molecule has 1 unspecified atom stereocenters. The molecule has 0 radical (unpaired) electrons. The second kappa shape index (κ2) is 4.68. The van der Waals surface area contributed by atoms with Crippen LogP contribution in [0.3, 0.4) is 0 Å². The molecule has 0 aliphatic heterocycles. The molecule has 0 bridgehead atoms. The number of rotatable bonds is 4. The first kappa shape index (κ1) is 11.8. The van der Waals surface area contributed by atoms with Gasteiger partial charge in [-0.15, -0.1) is 11.3 Å². The number of carbonyl (C=O) groups is 1. The number of nitrogens with zero attached hydrogens (tertiary/aromatic N) is 1. The highest BCUT2D eigenvalue weighted by Crippen LogP contribution is 2.24. The molecule has 0 fully saturated rings. The highest BCUT2D eigenvalue weighted by molar-refractivity contribution is 7.09. The SMILES string of the molecule is Cc1ccc(-c2csc(CC(N)C(=O)O)n2)o1. The first-order chi connectivity index (χ1) is 8.06. The summed E-state index contributed by atoms with van der Waals surface area (Å²) in [5.74, 6) is 0.487. The molecule has 2 heterocycles. The number of aryl methyl sites for hydroxylation is 1. The summed E-state index contributed by atoms with van der Waals surface area (Å²) in [4.78, 5) is 14.9. The van der Waals surface area contributed by atoms with Crippen LogP contribution in [-0.4, -0.2) is 22.1 Å². The maximum atomic E-state index is 10.6. The first-order valence-electron chi connectivity index (χ1n) is 5.06. The molecule has 0 spiro atoms. The minimum absolute atomic E-state index is 0.236. The van der Waals surface area contributed by atoms with Crippen molar-refractivity contribution in [3.8, 4) is 11.5 Å². The van der Waals surface area contributed by atoms with Gasteiger partial charge in [0.05, 0.1) is 5.01 Å². The summed E-state index contributed by atoms with van der Waals surface area (Å²) in [5, 5.41) is 11.2. The van der Waals surface area contributed by atoms with Crippen molar-refractivity contribution in [2.45, 2.75) is 19.4 Å². The zero-order chi connectivity index (χ0) is 12.4. The van der Waals surface area contributed by atoms with Crippen LogP contribution in [-0.2, 0) is 11.2 Å². The van der Waals surface area contributed by atoms with Gasteiger partial charge in [-0.05, 0) is 19.1 Å². The lowest BCUT2D eigenvalue weighted by Gasteiger charge is -2.01. The van der Waals surface area contributed by atoms with Gasteiger partial charge in [-0.2, -0.15) is 0 Å². The predicted octanol–water partition coefficient (Wildman–Crippen LogP) is 1.67. The zero-order valence-corrected chi connectivity index (χ0v) is 10.0. The van der Waals surface area contributed by atoms with Crippen LogP contribution < -0.4 is 5.73 Å². The highest BCUT2D eigenvalue weighted by Gasteiger charge is 2.15. The number of hydrogen-bond donors (Lipinski definition) is 2. The fraction of sp³-hybridized carbons (Fsp3) is 0.273. The van der Waals surface area contributed by atoms with E-state index >= 15 is 0 Å². The zero-order valence-electron chi connectivity index (χ0n) is 9.21. The molecule has 17 heavy (non-hydrogen) atoms. The molecule has 1 atom stereocenters. The third-order valence-corrected chi connectivity index (χ3v) is 3.13. The van der Waals surface area contributed by atoms with E-state index in [1.807, 2.05) is 24.4 Å². The Kier molecular flexibility index (Phi) is 3.26. The van der Waals surface area contributed by atoms with Crippen molar-refractivity contribution in [3.63, 3.8) is 0 Å². The van der Waals surface area contributed by atoms with E-state index < -0.39 is 12.0 Å². The number of carboxylic acid groups (broad SMARTS) is 1. The molecule has 5 nitrogen and oxygen atoms in total. The molecule has 90 valence electrons. The van der Waals surface area contributed by atoms with E-state index in [0.717, 1.165) is 11.5 Å². The fourth-order valence-corrected chi connectivity index (χ4v) is 2.21. The molecule has 0 saturated heterocycles. The number of thiazole rings is 1. The van der Waals surface area contributed by atoms with E-state index in [-0.39, 0.29) is 6.42 Å². The van der Waals surface area contributed by atoms with Gasteiger partial charge < -0.3 is 15.3 Å². The lowest BCUT2D eigenvalue weighted by atomic mass is 10.2. The van der Waals surface area contributed by atoms with Crippen LogP contribution in [0, 0.1) is 6.92 Å². The van der Waals surface area contributed by atoms with Crippen molar-refractivity contribution >= 4 is 17.3 Å². The van der Waals surface area contributed by atoms with E-state index in [4.69, 9.17) is 15.3 Å². The minimum Gasteiger partial charge on any atom is -0.480 e. The van der Waals surface area contributed by atoms with Crippen molar-refractivity contribution in [3.05, 3.63) is 28.3 Å². The van der Waals surface area contributed by atoms with Gasteiger partial charge >= 0.3 is 5.97 Å². The van der Waals surface area contributed by atoms with Crippen LogP contribution in [0.1, 0.15) is 10.8 Å². The highest BCUT2D eigenvalue weighted by atomic mass is 32.1. The van der Waals surface area contributed by atoms with Crippen molar-refractivity contribution in [2.24, 2.45) is 5.73 Å². The Morgan fingerprint density at radius 3 is 3.00 bits per heavy atom. The summed E-state index contributed by atoms with van der Waals surface area (Å²) in [6, 6.07) is 2.79. The Hall–Kier alpha value is -1.66. The molecule has 2 rings (SSSR count). The van der Waals surface area contributed by atoms with Crippen LogP contribution in [0.4, 0.5) is 0 Å². The van der Waals surface area contributed by atoms with Crippen molar-refractivity contribution in [1.29, 1.82) is 0 Å². The lowest BCUT2D eigenvalue weighted by molar-refractivity contribution is -0.138. The second-order valence-corrected chi connectivity index (χ2v) is 4.63. The second-order valence-electron chi connectivity index (χ2n) is 3.69. The molecule has 6 heteroatoms. The number of aromatic nitrogens is 1. The Morgan fingerprint density at radius 1 is 1.65 bits per heavy atom. The molecule has 0 aliphatic rings. The van der Waals surface area contributed by atoms with Gasteiger partial charge in [0.1, 0.15) is 17.5 Å². The van der Waals surface area contributed by atoms with Crippen molar-refractivity contribution in [2.75, 3.05) is 0 Å². The van der Waals surface area contributed by atoms with E-state index in [1.54, 1.807) is 0 Å². The number of hydrogen-bond acceptors (Lipinski definition) is 5. The quantitative estimate of drug-likeness (QED) is 0.863. The van der Waals surface area contributed by atoms with E-state index in [0.29, 0.717) is 10.8 Å². The van der Waals surface area contributed by atoms with Gasteiger partial charge in [-0.25, -0.2) is 4.98 Å².